The Hall–Kier alpha value is -3.35. The molecule has 1 aliphatic rings. The van der Waals surface area contributed by atoms with Crippen LogP contribution in [-0.2, 0) is 14.4 Å². The summed E-state index contributed by atoms with van der Waals surface area (Å²) < 4.78 is 5.56. The van der Waals surface area contributed by atoms with Gasteiger partial charge in [0, 0.05) is 30.9 Å². The van der Waals surface area contributed by atoms with Gasteiger partial charge in [0.15, 0.2) is 6.61 Å². The van der Waals surface area contributed by atoms with Crippen LogP contribution in [0.1, 0.15) is 25.8 Å². The van der Waals surface area contributed by atoms with E-state index in [1.807, 2.05) is 45.0 Å². The van der Waals surface area contributed by atoms with E-state index in [4.69, 9.17) is 4.74 Å². The third-order valence-electron chi connectivity index (χ3n) is 5.12. The number of amides is 3. The van der Waals surface area contributed by atoms with Gasteiger partial charge in [-0.25, -0.2) is 0 Å². The van der Waals surface area contributed by atoms with Crippen molar-refractivity contribution in [3.05, 3.63) is 54.1 Å². The molecule has 1 atom stereocenters. The summed E-state index contributed by atoms with van der Waals surface area (Å²) in [5, 5.41) is 5.72. The van der Waals surface area contributed by atoms with Crippen LogP contribution in [0.15, 0.2) is 48.5 Å². The Balaban J connectivity index is 1.51. The number of para-hydroxylation sites is 1. The van der Waals surface area contributed by atoms with E-state index in [0.29, 0.717) is 30.4 Å². The normalized spacial score (nSPS) is 15.8. The Morgan fingerprint density at radius 2 is 1.84 bits per heavy atom. The highest BCUT2D eigenvalue weighted by atomic mass is 16.5. The molecule has 3 amide bonds. The summed E-state index contributed by atoms with van der Waals surface area (Å²) in [5.74, 6) is 0.154. The predicted octanol–water partition coefficient (Wildman–Crippen LogP) is 3.14. The average Bonchev–Trinajstić information content (AvgIpc) is 3.14. The molecule has 0 aromatic heterocycles. The summed E-state index contributed by atoms with van der Waals surface area (Å²) in [4.78, 5) is 38.4. The lowest BCUT2D eigenvalue weighted by molar-refractivity contribution is -0.126. The van der Waals surface area contributed by atoms with E-state index >= 15 is 0 Å². The van der Waals surface area contributed by atoms with Crippen LogP contribution in [0.25, 0.3) is 0 Å². The number of nitrogens with one attached hydrogen (secondary N) is 2. The molecule has 31 heavy (non-hydrogen) atoms. The fourth-order valence-corrected chi connectivity index (χ4v) is 3.35. The van der Waals surface area contributed by atoms with Crippen LogP contribution >= 0.6 is 0 Å². The number of carbonyl (C=O) groups is 3. The van der Waals surface area contributed by atoms with Crippen molar-refractivity contribution in [2.75, 3.05) is 29.9 Å². The quantitative estimate of drug-likeness (QED) is 0.683. The molecule has 0 spiro atoms. The fourth-order valence-electron chi connectivity index (χ4n) is 3.35. The summed E-state index contributed by atoms with van der Waals surface area (Å²) in [7, 11) is 0. The number of ether oxygens (including phenoxy) is 1. The Morgan fingerprint density at radius 3 is 2.52 bits per heavy atom. The zero-order chi connectivity index (χ0) is 22.4. The summed E-state index contributed by atoms with van der Waals surface area (Å²) in [6.45, 7) is 6.83. The van der Waals surface area contributed by atoms with Gasteiger partial charge >= 0.3 is 0 Å². The van der Waals surface area contributed by atoms with Crippen LogP contribution in [0, 0.1) is 18.8 Å². The maximum absolute atomic E-state index is 12.4. The van der Waals surface area contributed by atoms with Gasteiger partial charge in [0.1, 0.15) is 5.75 Å². The molecule has 2 aromatic rings. The lowest BCUT2D eigenvalue weighted by Crippen LogP contribution is -2.35. The van der Waals surface area contributed by atoms with Gasteiger partial charge in [-0.05, 0) is 48.7 Å². The average molecular weight is 424 g/mol. The molecule has 3 rings (SSSR count). The summed E-state index contributed by atoms with van der Waals surface area (Å²) in [6, 6.07) is 14.5. The molecule has 2 aromatic carbocycles. The summed E-state index contributed by atoms with van der Waals surface area (Å²) >= 11 is 0. The molecule has 0 saturated carbocycles. The van der Waals surface area contributed by atoms with E-state index in [2.05, 4.69) is 10.6 Å². The molecule has 0 aliphatic carbocycles. The van der Waals surface area contributed by atoms with Crippen LogP contribution in [0.2, 0.25) is 0 Å². The topological polar surface area (TPSA) is 87.7 Å². The number of benzene rings is 2. The number of carbonyl (C=O) groups excluding carboxylic acids is 3. The van der Waals surface area contributed by atoms with Gasteiger partial charge in [0.05, 0.1) is 5.92 Å². The van der Waals surface area contributed by atoms with E-state index in [1.165, 1.54) is 0 Å². The Kier molecular flexibility index (Phi) is 7.28. The van der Waals surface area contributed by atoms with Gasteiger partial charge in [0.2, 0.25) is 11.8 Å². The van der Waals surface area contributed by atoms with Gasteiger partial charge in [0.25, 0.3) is 5.91 Å². The van der Waals surface area contributed by atoms with E-state index in [0.717, 1.165) is 11.3 Å². The van der Waals surface area contributed by atoms with Gasteiger partial charge in [-0.1, -0.05) is 32.0 Å². The first kappa shape index (κ1) is 22.3. The number of hydrogen-bond acceptors (Lipinski definition) is 4. The first-order chi connectivity index (χ1) is 14.8. The highest BCUT2D eigenvalue weighted by Gasteiger charge is 2.35. The molecule has 1 heterocycles. The van der Waals surface area contributed by atoms with Crippen LogP contribution in [-0.4, -0.2) is 37.4 Å². The first-order valence-electron chi connectivity index (χ1n) is 10.5. The second-order valence-corrected chi connectivity index (χ2v) is 8.19. The van der Waals surface area contributed by atoms with Crippen LogP contribution in [0.3, 0.4) is 0 Å². The maximum atomic E-state index is 12.4. The van der Waals surface area contributed by atoms with Gasteiger partial charge in [-0.3, -0.25) is 14.4 Å². The van der Waals surface area contributed by atoms with Crippen molar-refractivity contribution >= 4 is 29.1 Å². The number of aryl methyl sites for hydroxylation is 1. The minimum Gasteiger partial charge on any atom is -0.484 e. The second kappa shape index (κ2) is 10.1. The van der Waals surface area contributed by atoms with Crippen molar-refractivity contribution in [3.63, 3.8) is 0 Å². The monoisotopic (exact) mass is 423 g/mol. The molecule has 1 fully saturated rings. The standard InChI is InChI=1S/C24H29N3O4/c1-16(2)13-25-24(30)18-12-23(29)27(14-18)19-8-10-20(11-9-19)31-15-22(28)26-21-7-5-4-6-17(21)3/h4-11,16,18H,12-15H2,1-3H3,(H,25,30)(H,26,28)/t18-/m1/s1. The smallest absolute Gasteiger partial charge is 0.262 e. The van der Waals surface area contributed by atoms with Crippen LogP contribution in [0.4, 0.5) is 11.4 Å². The second-order valence-electron chi connectivity index (χ2n) is 8.19. The van der Waals surface area contributed by atoms with Crippen LogP contribution in [0.5, 0.6) is 5.75 Å². The van der Waals surface area contributed by atoms with Crippen molar-refractivity contribution in [1.29, 1.82) is 0 Å². The largest absolute Gasteiger partial charge is 0.484 e. The molecule has 0 radical (unpaired) electrons. The van der Waals surface area contributed by atoms with Crippen molar-refractivity contribution in [3.8, 4) is 5.75 Å². The molecule has 7 heteroatoms. The maximum Gasteiger partial charge on any atom is 0.262 e. The SMILES string of the molecule is Cc1ccccc1NC(=O)COc1ccc(N2C[C@H](C(=O)NCC(C)C)CC2=O)cc1. The molecule has 0 unspecified atom stereocenters. The molecule has 164 valence electrons. The zero-order valence-corrected chi connectivity index (χ0v) is 18.2. The Bertz CT molecular complexity index is 940. The van der Waals surface area contributed by atoms with Gasteiger partial charge < -0.3 is 20.3 Å². The highest BCUT2D eigenvalue weighted by molar-refractivity contribution is 6.00. The van der Waals surface area contributed by atoms with Crippen molar-refractivity contribution in [2.45, 2.75) is 27.2 Å². The minimum atomic E-state index is -0.340. The Labute approximate surface area is 182 Å². The number of anilines is 2. The van der Waals surface area contributed by atoms with E-state index < -0.39 is 0 Å². The summed E-state index contributed by atoms with van der Waals surface area (Å²) in [5.41, 5.74) is 2.44. The number of nitrogens with zero attached hydrogens (tertiary/aromatic N) is 1. The third-order valence-corrected chi connectivity index (χ3v) is 5.12. The fraction of sp³-hybridized carbons (Fsp3) is 0.375. The molecular weight excluding hydrogens is 394 g/mol. The number of hydrogen-bond donors (Lipinski definition) is 2. The predicted molar refractivity (Wildman–Crippen MR) is 120 cm³/mol. The third kappa shape index (κ3) is 6.07. The number of rotatable bonds is 8. The zero-order valence-electron chi connectivity index (χ0n) is 18.2. The van der Waals surface area contributed by atoms with Crippen molar-refractivity contribution in [2.24, 2.45) is 11.8 Å². The lowest BCUT2D eigenvalue weighted by atomic mass is 10.1. The molecule has 1 aliphatic heterocycles. The highest BCUT2D eigenvalue weighted by Crippen LogP contribution is 2.27. The Morgan fingerprint density at radius 1 is 1.13 bits per heavy atom. The van der Waals surface area contributed by atoms with E-state index in [1.54, 1.807) is 29.2 Å². The molecule has 0 bridgehead atoms. The molecule has 1 saturated heterocycles. The molecule has 7 nitrogen and oxygen atoms in total. The lowest BCUT2D eigenvalue weighted by Gasteiger charge is -2.17. The van der Waals surface area contributed by atoms with E-state index in [-0.39, 0.29) is 36.7 Å². The first-order valence-corrected chi connectivity index (χ1v) is 10.5. The van der Waals surface area contributed by atoms with Gasteiger partial charge in [-0.2, -0.15) is 0 Å². The molecule has 2 N–H and O–H groups in total. The van der Waals surface area contributed by atoms with Crippen molar-refractivity contribution in [1.82, 2.24) is 5.32 Å². The van der Waals surface area contributed by atoms with Gasteiger partial charge in [-0.15, -0.1) is 0 Å². The molecular formula is C24H29N3O4. The minimum absolute atomic E-state index is 0.0732. The van der Waals surface area contributed by atoms with Crippen molar-refractivity contribution < 1.29 is 19.1 Å². The van der Waals surface area contributed by atoms with Crippen LogP contribution < -0.4 is 20.3 Å². The van der Waals surface area contributed by atoms with E-state index in [9.17, 15) is 14.4 Å². The summed E-state index contributed by atoms with van der Waals surface area (Å²) in [6.07, 6.45) is 0.210.